The topological polar surface area (TPSA) is 52.6 Å². The molecule has 0 fully saturated rings. The van der Waals surface area contributed by atoms with E-state index >= 15 is 0 Å². The van der Waals surface area contributed by atoms with E-state index in [0.29, 0.717) is 0 Å². The first-order chi connectivity index (χ1) is 6.03. The molecule has 0 spiro atoms. The van der Waals surface area contributed by atoms with Crippen LogP contribution in [0, 0.1) is 6.92 Å². The molecule has 0 bridgehead atoms. The third kappa shape index (κ3) is 3.04. The second-order valence-corrected chi connectivity index (χ2v) is 3.79. The molecule has 0 saturated heterocycles. The van der Waals surface area contributed by atoms with Crippen LogP contribution in [0.2, 0.25) is 0 Å². The minimum absolute atomic E-state index is 0.243. The zero-order chi connectivity index (χ0) is 9.90. The van der Waals surface area contributed by atoms with Crippen molar-refractivity contribution in [1.82, 2.24) is 0 Å². The minimum atomic E-state index is -3.89. The third-order valence-corrected chi connectivity index (χ3v) is 2.23. The zero-order valence-corrected chi connectivity index (χ0v) is 8.17. The van der Waals surface area contributed by atoms with Crippen LogP contribution in [0.1, 0.15) is 5.56 Å². The summed E-state index contributed by atoms with van der Waals surface area (Å²) < 4.78 is 30.3. The van der Waals surface area contributed by atoms with Crippen LogP contribution < -0.4 is 4.18 Å². The van der Waals surface area contributed by atoms with Crippen molar-refractivity contribution in [3.63, 3.8) is 0 Å². The number of hydrogen-bond acceptors (Lipinski definition) is 4. The number of hydrogen-bond donors (Lipinski definition) is 0. The van der Waals surface area contributed by atoms with Gasteiger partial charge < -0.3 is 4.18 Å². The van der Waals surface area contributed by atoms with Gasteiger partial charge in [0.05, 0.1) is 7.11 Å². The molecule has 1 aromatic rings. The van der Waals surface area contributed by atoms with E-state index in [1.54, 1.807) is 24.3 Å². The van der Waals surface area contributed by atoms with Gasteiger partial charge in [-0.15, -0.1) is 0 Å². The fourth-order valence-corrected chi connectivity index (χ4v) is 1.16. The summed E-state index contributed by atoms with van der Waals surface area (Å²) in [6.07, 6.45) is 0. The summed E-state index contributed by atoms with van der Waals surface area (Å²) >= 11 is 0. The molecule has 0 aliphatic heterocycles. The molecule has 0 aromatic heterocycles. The van der Waals surface area contributed by atoms with Crippen LogP contribution in [0.3, 0.4) is 0 Å². The molecule has 0 aliphatic rings. The van der Waals surface area contributed by atoms with Crippen LogP contribution in [0.4, 0.5) is 0 Å². The average molecular weight is 202 g/mol. The molecule has 0 saturated carbocycles. The SMILES string of the molecule is COS(=O)(=O)Oc1ccc(C)cc1. The first-order valence-corrected chi connectivity index (χ1v) is 4.93. The maximum atomic E-state index is 10.8. The molecule has 0 amide bonds. The lowest BCUT2D eigenvalue weighted by Crippen LogP contribution is -2.10. The molecule has 0 atom stereocenters. The first kappa shape index (κ1) is 10.0. The molecule has 13 heavy (non-hydrogen) atoms. The molecule has 0 heterocycles. The smallest absolute Gasteiger partial charge is 0.362 e. The van der Waals surface area contributed by atoms with E-state index in [4.69, 9.17) is 0 Å². The quantitative estimate of drug-likeness (QED) is 0.740. The van der Waals surface area contributed by atoms with Crippen LogP contribution in [-0.2, 0) is 14.6 Å². The Morgan fingerprint density at radius 1 is 1.15 bits per heavy atom. The number of aryl methyl sites for hydroxylation is 1. The van der Waals surface area contributed by atoms with Crippen molar-refractivity contribution in [1.29, 1.82) is 0 Å². The maximum absolute atomic E-state index is 10.8. The highest BCUT2D eigenvalue weighted by molar-refractivity contribution is 7.82. The van der Waals surface area contributed by atoms with Crippen molar-refractivity contribution < 1.29 is 16.8 Å². The van der Waals surface area contributed by atoms with Gasteiger partial charge in [-0.05, 0) is 19.1 Å². The Kier molecular flexibility index (Phi) is 2.90. The van der Waals surface area contributed by atoms with Crippen molar-refractivity contribution in [3.8, 4) is 5.75 Å². The van der Waals surface area contributed by atoms with Gasteiger partial charge in [-0.25, -0.2) is 4.18 Å². The van der Waals surface area contributed by atoms with Gasteiger partial charge in [-0.1, -0.05) is 17.7 Å². The van der Waals surface area contributed by atoms with Crippen molar-refractivity contribution in [3.05, 3.63) is 29.8 Å². The molecular weight excluding hydrogens is 192 g/mol. The van der Waals surface area contributed by atoms with E-state index in [-0.39, 0.29) is 5.75 Å². The van der Waals surface area contributed by atoms with Crippen molar-refractivity contribution in [2.24, 2.45) is 0 Å². The van der Waals surface area contributed by atoms with Gasteiger partial charge in [-0.2, -0.15) is 8.42 Å². The highest BCUT2D eigenvalue weighted by Crippen LogP contribution is 2.13. The predicted molar refractivity (Wildman–Crippen MR) is 47.7 cm³/mol. The Bertz CT molecular complexity index is 366. The van der Waals surface area contributed by atoms with Crippen LogP contribution in [0.15, 0.2) is 24.3 Å². The lowest BCUT2D eigenvalue weighted by Gasteiger charge is -2.03. The molecular formula is C8H10O4S. The fraction of sp³-hybridized carbons (Fsp3) is 0.250. The summed E-state index contributed by atoms with van der Waals surface area (Å²) in [5, 5.41) is 0. The summed E-state index contributed by atoms with van der Waals surface area (Å²) in [6, 6.07) is 6.62. The molecule has 1 aromatic carbocycles. The third-order valence-electron chi connectivity index (χ3n) is 1.42. The van der Waals surface area contributed by atoms with Crippen LogP contribution in [0.25, 0.3) is 0 Å². The van der Waals surface area contributed by atoms with Gasteiger partial charge in [-0.3, -0.25) is 0 Å². The summed E-state index contributed by atoms with van der Waals surface area (Å²) in [7, 11) is -2.84. The average Bonchev–Trinajstić information content (AvgIpc) is 2.09. The summed E-state index contributed by atoms with van der Waals surface area (Å²) in [4.78, 5) is 0. The van der Waals surface area contributed by atoms with Crippen LogP contribution in [-0.4, -0.2) is 15.5 Å². The molecule has 72 valence electrons. The molecule has 0 aliphatic carbocycles. The van der Waals surface area contributed by atoms with Gasteiger partial charge in [0, 0.05) is 0 Å². The lowest BCUT2D eigenvalue weighted by atomic mass is 10.2. The van der Waals surface area contributed by atoms with Crippen molar-refractivity contribution in [2.75, 3.05) is 7.11 Å². The van der Waals surface area contributed by atoms with Gasteiger partial charge in [0.1, 0.15) is 5.75 Å². The molecule has 5 heteroatoms. The monoisotopic (exact) mass is 202 g/mol. The van der Waals surface area contributed by atoms with E-state index < -0.39 is 10.4 Å². The molecule has 4 nitrogen and oxygen atoms in total. The normalized spacial score (nSPS) is 11.2. The Labute approximate surface area is 77.4 Å². The highest BCUT2D eigenvalue weighted by atomic mass is 32.3. The molecule has 0 unspecified atom stereocenters. The maximum Gasteiger partial charge on any atom is 0.448 e. The van der Waals surface area contributed by atoms with E-state index in [1.165, 1.54) is 0 Å². The highest BCUT2D eigenvalue weighted by Gasteiger charge is 2.09. The van der Waals surface area contributed by atoms with Gasteiger partial charge in [0.15, 0.2) is 0 Å². The van der Waals surface area contributed by atoms with E-state index in [2.05, 4.69) is 8.37 Å². The molecule has 0 radical (unpaired) electrons. The first-order valence-electron chi connectivity index (χ1n) is 3.60. The van der Waals surface area contributed by atoms with E-state index in [9.17, 15) is 8.42 Å². The van der Waals surface area contributed by atoms with Crippen LogP contribution in [0.5, 0.6) is 5.75 Å². The predicted octanol–water partition coefficient (Wildman–Crippen LogP) is 1.27. The summed E-state index contributed by atoms with van der Waals surface area (Å²) in [5.41, 5.74) is 1.03. The second kappa shape index (κ2) is 3.76. The standard InChI is InChI=1S/C8H10O4S/c1-7-3-5-8(6-4-7)12-13(9,10)11-2/h3-6H,1-2H3. The van der Waals surface area contributed by atoms with Crippen molar-refractivity contribution >= 4 is 10.4 Å². The zero-order valence-electron chi connectivity index (χ0n) is 7.35. The number of benzene rings is 1. The van der Waals surface area contributed by atoms with E-state index in [1.807, 2.05) is 6.92 Å². The fourth-order valence-electron chi connectivity index (χ4n) is 0.746. The van der Waals surface area contributed by atoms with Gasteiger partial charge in [0.2, 0.25) is 0 Å². The summed E-state index contributed by atoms with van der Waals surface area (Å²) in [5.74, 6) is 0.243. The number of rotatable bonds is 3. The van der Waals surface area contributed by atoms with Gasteiger partial charge >= 0.3 is 10.4 Å². The van der Waals surface area contributed by atoms with Gasteiger partial charge in [0.25, 0.3) is 0 Å². The largest absolute Gasteiger partial charge is 0.448 e. The van der Waals surface area contributed by atoms with Crippen molar-refractivity contribution in [2.45, 2.75) is 6.92 Å². The van der Waals surface area contributed by atoms with E-state index in [0.717, 1.165) is 12.7 Å². The Morgan fingerprint density at radius 3 is 2.15 bits per heavy atom. The Balaban J connectivity index is 2.82. The second-order valence-electron chi connectivity index (χ2n) is 2.47. The Hall–Kier alpha value is -1.07. The lowest BCUT2D eigenvalue weighted by molar-refractivity contribution is 0.330. The van der Waals surface area contributed by atoms with Crippen LogP contribution >= 0.6 is 0 Å². The Morgan fingerprint density at radius 2 is 1.69 bits per heavy atom. The molecule has 1 rings (SSSR count). The minimum Gasteiger partial charge on any atom is -0.362 e. The summed E-state index contributed by atoms with van der Waals surface area (Å²) in [6.45, 7) is 1.90. The molecule has 0 N–H and O–H groups in total.